The first-order valence-corrected chi connectivity index (χ1v) is 10.5. The van der Waals surface area contributed by atoms with Crippen LogP contribution in [0.5, 0.6) is 0 Å². The molecule has 0 saturated carbocycles. The van der Waals surface area contributed by atoms with Crippen molar-refractivity contribution in [1.82, 2.24) is 25.1 Å². The van der Waals surface area contributed by atoms with E-state index in [1.165, 1.54) is 16.2 Å². The molecule has 1 aromatic heterocycles. The first-order chi connectivity index (χ1) is 15.5. The van der Waals surface area contributed by atoms with Crippen LogP contribution in [0.25, 0.3) is 5.69 Å². The van der Waals surface area contributed by atoms with Crippen LogP contribution in [-0.2, 0) is 4.79 Å². The summed E-state index contributed by atoms with van der Waals surface area (Å²) in [6.45, 7) is 4.45. The molecule has 164 valence electrons. The second-order valence-corrected chi connectivity index (χ2v) is 7.74. The lowest BCUT2D eigenvalue weighted by Crippen LogP contribution is -2.48. The van der Waals surface area contributed by atoms with E-state index in [2.05, 4.69) is 10.4 Å². The lowest BCUT2D eigenvalue weighted by Gasteiger charge is -2.28. The maximum absolute atomic E-state index is 13.2. The van der Waals surface area contributed by atoms with Crippen molar-refractivity contribution in [3.05, 3.63) is 83.2 Å². The molecule has 1 fully saturated rings. The molecule has 8 heteroatoms. The van der Waals surface area contributed by atoms with E-state index in [0.717, 1.165) is 11.3 Å². The quantitative estimate of drug-likeness (QED) is 0.673. The zero-order valence-corrected chi connectivity index (χ0v) is 18.1. The third-order valence-electron chi connectivity index (χ3n) is 5.51. The highest BCUT2D eigenvalue weighted by Gasteiger charge is 2.33. The van der Waals surface area contributed by atoms with Crippen molar-refractivity contribution in [1.29, 1.82) is 0 Å². The third-order valence-corrected chi connectivity index (χ3v) is 5.51. The number of hydrogen-bond donors (Lipinski definition) is 1. The maximum atomic E-state index is 13.2. The van der Waals surface area contributed by atoms with Gasteiger partial charge in [0.2, 0.25) is 0 Å². The number of aromatic nitrogens is 2. The van der Waals surface area contributed by atoms with Gasteiger partial charge in [-0.15, -0.1) is 0 Å². The number of hydrogen-bond acceptors (Lipinski definition) is 4. The molecule has 2 aromatic carbocycles. The van der Waals surface area contributed by atoms with Crippen molar-refractivity contribution in [2.75, 3.05) is 19.6 Å². The van der Waals surface area contributed by atoms with Gasteiger partial charge in [0.25, 0.3) is 17.7 Å². The summed E-state index contributed by atoms with van der Waals surface area (Å²) in [5.74, 6) is -0.930. The molecule has 1 aliphatic heterocycles. The van der Waals surface area contributed by atoms with Crippen molar-refractivity contribution >= 4 is 17.7 Å². The Labute approximate surface area is 186 Å². The lowest BCUT2D eigenvalue weighted by molar-refractivity contribution is -0.139. The normalized spacial score (nSPS) is 13.3. The van der Waals surface area contributed by atoms with Crippen LogP contribution in [0.3, 0.4) is 0 Å². The number of hydrazine groups is 1. The molecule has 0 atom stereocenters. The Bertz CT molecular complexity index is 1140. The monoisotopic (exact) mass is 431 g/mol. The Morgan fingerprint density at radius 3 is 2.34 bits per heavy atom. The molecule has 2 heterocycles. The summed E-state index contributed by atoms with van der Waals surface area (Å²) in [7, 11) is 0. The van der Waals surface area contributed by atoms with E-state index in [1.807, 2.05) is 56.3 Å². The van der Waals surface area contributed by atoms with E-state index in [9.17, 15) is 14.4 Å². The highest BCUT2D eigenvalue weighted by Crippen LogP contribution is 2.19. The maximum Gasteiger partial charge on any atom is 0.275 e. The van der Waals surface area contributed by atoms with E-state index < -0.39 is 0 Å². The molecule has 3 aromatic rings. The van der Waals surface area contributed by atoms with Crippen molar-refractivity contribution in [3.8, 4) is 5.69 Å². The van der Waals surface area contributed by atoms with Gasteiger partial charge in [-0.05, 0) is 44.5 Å². The molecule has 8 nitrogen and oxygen atoms in total. The fraction of sp³-hybridized carbons (Fsp3) is 0.250. The number of carbonyl (C=O) groups excluding carboxylic acids is 3. The van der Waals surface area contributed by atoms with Crippen LogP contribution < -0.4 is 5.32 Å². The van der Waals surface area contributed by atoms with E-state index in [0.29, 0.717) is 36.3 Å². The first-order valence-electron chi connectivity index (χ1n) is 10.5. The summed E-state index contributed by atoms with van der Waals surface area (Å²) in [6.07, 6.45) is 2.21. The number of nitrogens with zero attached hydrogens (tertiary/aromatic N) is 4. The van der Waals surface area contributed by atoms with Gasteiger partial charge in [-0.25, -0.2) is 14.7 Å². The zero-order valence-electron chi connectivity index (χ0n) is 18.1. The fourth-order valence-electron chi connectivity index (χ4n) is 3.72. The number of aryl methyl sites for hydroxylation is 1. The van der Waals surface area contributed by atoms with Crippen molar-refractivity contribution in [2.24, 2.45) is 0 Å². The summed E-state index contributed by atoms with van der Waals surface area (Å²) in [5, 5.41) is 9.86. The van der Waals surface area contributed by atoms with Crippen LogP contribution in [0.1, 0.15) is 38.4 Å². The largest absolute Gasteiger partial charge is 0.343 e. The number of amides is 3. The van der Waals surface area contributed by atoms with Crippen LogP contribution in [0.15, 0.2) is 60.8 Å². The van der Waals surface area contributed by atoms with Gasteiger partial charge in [0.15, 0.2) is 0 Å². The minimum Gasteiger partial charge on any atom is -0.343 e. The van der Waals surface area contributed by atoms with Gasteiger partial charge in [0.05, 0.1) is 29.7 Å². The lowest BCUT2D eigenvalue weighted by atomic mass is 10.1. The molecule has 0 unspecified atom stereocenters. The van der Waals surface area contributed by atoms with Crippen molar-refractivity contribution in [3.63, 3.8) is 0 Å². The number of para-hydroxylation sites is 1. The van der Waals surface area contributed by atoms with Crippen molar-refractivity contribution < 1.29 is 14.4 Å². The van der Waals surface area contributed by atoms with Crippen LogP contribution in [0, 0.1) is 13.8 Å². The molecule has 0 spiro atoms. The Morgan fingerprint density at radius 1 is 0.938 bits per heavy atom. The number of benzene rings is 2. The van der Waals surface area contributed by atoms with Gasteiger partial charge in [-0.1, -0.05) is 35.9 Å². The third kappa shape index (κ3) is 4.25. The summed E-state index contributed by atoms with van der Waals surface area (Å²) in [4.78, 5) is 38.3. The molecule has 3 amide bonds. The van der Waals surface area contributed by atoms with Gasteiger partial charge in [0, 0.05) is 18.7 Å². The fourth-order valence-corrected chi connectivity index (χ4v) is 3.72. The summed E-state index contributed by atoms with van der Waals surface area (Å²) >= 11 is 0. The SMILES string of the molecule is Cc1ccc(C(=O)NCC(=O)N2CCCN2C(=O)c2cnn(-c3ccccc3)c2C)cc1. The van der Waals surface area contributed by atoms with Gasteiger partial charge in [-0.2, -0.15) is 5.10 Å². The van der Waals surface area contributed by atoms with Gasteiger partial charge >= 0.3 is 0 Å². The zero-order chi connectivity index (χ0) is 22.7. The van der Waals surface area contributed by atoms with Crippen molar-refractivity contribution in [2.45, 2.75) is 20.3 Å². The number of carbonyl (C=O) groups is 3. The van der Waals surface area contributed by atoms with Crippen LogP contribution >= 0.6 is 0 Å². The Balaban J connectivity index is 1.43. The minimum absolute atomic E-state index is 0.182. The predicted octanol–water partition coefficient (Wildman–Crippen LogP) is 2.51. The molecular weight excluding hydrogens is 406 g/mol. The van der Waals surface area contributed by atoms with Gasteiger partial charge in [0.1, 0.15) is 0 Å². The molecule has 0 aliphatic carbocycles. The summed E-state index contributed by atoms with van der Waals surface area (Å²) in [5.41, 5.74) is 3.54. The predicted molar refractivity (Wildman–Crippen MR) is 119 cm³/mol. The molecule has 0 radical (unpaired) electrons. The molecule has 1 N–H and O–H groups in total. The van der Waals surface area contributed by atoms with E-state index >= 15 is 0 Å². The first kappa shape index (κ1) is 21.3. The average molecular weight is 431 g/mol. The summed E-state index contributed by atoms with van der Waals surface area (Å²) in [6, 6.07) is 16.7. The van der Waals surface area contributed by atoms with E-state index in [4.69, 9.17) is 0 Å². The summed E-state index contributed by atoms with van der Waals surface area (Å²) < 4.78 is 1.71. The van der Waals surface area contributed by atoms with Crippen LogP contribution in [0.4, 0.5) is 0 Å². The molecule has 1 aliphatic rings. The second kappa shape index (κ2) is 9.05. The standard InChI is InChI=1S/C24H25N5O3/c1-17-9-11-19(12-10-17)23(31)25-16-22(30)27-13-6-14-28(27)24(32)21-15-26-29(18(21)2)20-7-4-3-5-8-20/h3-5,7-12,15H,6,13-14,16H2,1-2H3,(H,25,31). The Kier molecular flexibility index (Phi) is 6.02. The van der Waals surface area contributed by atoms with E-state index in [-0.39, 0.29) is 24.3 Å². The number of rotatable bonds is 5. The highest BCUT2D eigenvalue weighted by atomic mass is 16.2. The molecule has 0 bridgehead atoms. The van der Waals surface area contributed by atoms with Crippen LogP contribution in [-0.4, -0.2) is 57.2 Å². The topological polar surface area (TPSA) is 87.5 Å². The van der Waals surface area contributed by atoms with E-state index in [1.54, 1.807) is 16.8 Å². The second-order valence-electron chi connectivity index (χ2n) is 7.74. The smallest absolute Gasteiger partial charge is 0.275 e. The molecule has 1 saturated heterocycles. The Hall–Kier alpha value is -3.94. The molecule has 32 heavy (non-hydrogen) atoms. The minimum atomic E-state index is -0.329. The highest BCUT2D eigenvalue weighted by molar-refractivity contribution is 5.98. The van der Waals surface area contributed by atoms with Gasteiger partial charge in [-0.3, -0.25) is 14.4 Å². The average Bonchev–Trinajstić information content (AvgIpc) is 3.45. The molecule has 4 rings (SSSR count). The van der Waals surface area contributed by atoms with Gasteiger partial charge < -0.3 is 5.32 Å². The molecular formula is C24H25N5O3. The Morgan fingerprint density at radius 2 is 1.62 bits per heavy atom. The van der Waals surface area contributed by atoms with Crippen LogP contribution in [0.2, 0.25) is 0 Å². The number of nitrogens with one attached hydrogen (secondary N) is 1.